The summed E-state index contributed by atoms with van der Waals surface area (Å²) in [4.78, 5) is 15.5. The minimum Gasteiger partial charge on any atom is -0.458 e. The fourth-order valence-electron chi connectivity index (χ4n) is 1.54. The average molecular weight is 288 g/mol. The highest BCUT2D eigenvalue weighted by Gasteiger charge is 1.99. The number of nitrogens with zero attached hydrogens (tertiary/aromatic N) is 1. The van der Waals surface area contributed by atoms with Crippen LogP contribution >= 0.6 is 11.6 Å². The number of pyridine rings is 1. The summed E-state index contributed by atoms with van der Waals surface area (Å²) in [5.74, 6) is -0.388. The van der Waals surface area contributed by atoms with E-state index in [-0.39, 0.29) is 12.6 Å². The van der Waals surface area contributed by atoms with E-state index in [1.54, 1.807) is 24.4 Å². The van der Waals surface area contributed by atoms with Gasteiger partial charge in [-0.15, -0.1) is 0 Å². The topological polar surface area (TPSA) is 39.2 Å². The van der Waals surface area contributed by atoms with Crippen LogP contribution in [0.3, 0.4) is 0 Å². The van der Waals surface area contributed by atoms with Gasteiger partial charge in [0.15, 0.2) is 0 Å². The molecule has 1 aromatic heterocycles. The van der Waals surface area contributed by atoms with E-state index in [4.69, 9.17) is 16.3 Å². The second-order valence-electron chi connectivity index (χ2n) is 4.34. The molecular weight excluding hydrogens is 274 g/mol. The molecule has 0 N–H and O–H groups in total. The van der Waals surface area contributed by atoms with Crippen LogP contribution in [0.4, 0.5) is 0 Å². The molecule has 0 unspecified atom stereocenters. The van der Waals surface area contributed by atoms with Crippen molar-refractivity contribution in [2.75, 3.05) is 0 Å². The Bertz CT molecular complexity index is 603. The van der Waals surface area contributed by atoms with Crippen LogP contribution in [0.2, 0.25) is 5.15 Å². The Morgan fingerprint density at radius 3 is 2.65 bits per heavy atom. The van der Waals surface area contributed by atoms with Crippen LogP contribution in [0.25, 0.3) is 6.08 Å². The lowest BCUT2D eigenvalue weighted by Crippen LogP contribution is -2.00. The molecule has 0 amide bonds. The van der Waals surface area contributed by atoms with Crippen molar-refractivity contribution in [2.24, 2.45) is 0 Å². The SMILES string of the molecule is Cc1ccc(/C=C/C(=O)OCc2ccc(Cl)nc2)cc1. The zero-order valence-corrected chi connectivity index (χ0v) is 11.8. The molecule has 0 fully saturated rings. The van der Waals surface area contributed by atoms with Crippen molar-refractivity contribution < 1.29 is 9.53 Å². The Morgan fingerprint density at radius 1 is 1.25 bits per heavy atom. The van der Waals surface area contributed by atoms with E-state index >= 15 is 0 Å². The van der Waals surface area contributed by atoms with E-state index in [9.17, 15) is 4.79 Å². The summed E-state index contributed by atoms with van der Waals surface area (Å²) in [7, 11) is 0. The third kappa shape index (κ3) is 4.52. The second kappa shape index (κ2) is 6.87. The minimum atomic E-state index is -0.388. The highest BCUT2D eigenvalue weighted by molar-refractivity contribution is 6.29. The average Bonchev–Trinajstić information content (AvgIpc) is 2.46. The van der Waals surface area contributed by atoms with Gasteiger partial charge in [-0.25, -0.2) is 9.78 Å². The quantitative estimate of drug-likeness (QED) is 0.488. The molecule has 0 spiro atoms. The molecule has 0 saturated carbocycles. The first-order chi connectivity index (χ1) is 9.63. The van der Waals surface area contributed by atoms with Gasteiger partial charge < -0.3 is 4.74 Å². The summed E-state index contributed by atoms with van der Waals surface area (Å²) in [6, 6.07) is 11.3. The number of esters is 1. The van der Waals surface area contributed by atoms with Crippen LogP contribution in [0.1, 0.15) is 16.7 Å². The van der Waals surface area contributed by atoms with Crippen molar-refractivity contribution in [3.05, 3.63) is 70.5 Å². The molecule has 0 saturated heterocycles. The Morgan fingerprint density at radius 2 is 2.00 bits per heavy atom. The molecule has 20 heavy (non-hydrogen) atoms. The van der Waals surface area contributed by atoms with Crippen LogP contribution in [0.15, 0.2) is 48.7 Å². The summed E-state index contributed by atoms with van der Waals surface area (Å²) in [5, 5.41) is 0.416. The van der Waals surface area contributed by atoms with Crippen molar-refractivity contribution in [1.82, 2.24) is 4.98 Å². The summed E-state index contributed by atoms with van der Waals surface area (Å²) in [6.07, 6.45) is 4.72. The predicted molar refractivity (Wildman–Crippen MR) is 79.3 cm³/mol. The molecule has 0 aliphatic rings. The van der Waals surface area contributed by atoms with Crippen molar-refractivity contribution in [2.45, 2.75) is 13.5 Å². The maximum Gasteiger partial charge on any atom is 0.331 e. The van der Waals surface area contributed by atoms with E-state index in [0.29, 0.717) is 5.15 Å². The van der Waals surface area contributed by atoms with Gasteiger partial charge in [0.1, 0.15) is 11.8 Å². The van der Waals surface area contributed by atoms with Gasteiger partial charge in [0.05, 0.1) is 0 Å². The molecule has 3 nitrogen and oxygen atoms in total. The highest BCUT2D eigenvalue weighted by atomic mass is 35.5. The van der Waals surface area contributed by atoms with Gasteiger partial charge in [0.25, 0.3) is 0 Å². The Balaban J connectivity index is 1.86. The number of rotatable bonds is 4. The number of carbonyl (C=O) groups excluding carboxylic acids is 1. The molecule has 0 bridgehead atoms. The zero-order chi connectivity index (χ0) is 14.4. The summed E-state index contributed by atoms with van der Waals surface area (Å²) in [6.45, 7) is 2.20. The van der Waals surface area contributed by atoms with Gasteiger partial charge in [0.2, 0.25) is 0 Å². The van der Waals surface area contributed by atoms with Crippen LogP contribution in [-0.2, 0) is 16.1 Å². The molecule has 1 aromatic carbocycles. The third-order valence-electron chi connectivity index (χ3n) is 2.66. The fraction of sp³-hybridized carbons (Fsp3) is 0.125. The summed E-state index contributed by atoms with van der Waals surface area (Å²) < 4.78 is 5.10. The lowest BCUT2D eigenvalue weighted by Gasteiger charge is -2.01. The van der Waals surface area contributed by atoms with Crippen LogP contribution in [0.5, 0.6) is 0 Å². The van der Waals surface area contributed by atoms with E-state index in [2.05, 4.69) is 4.98 Å². The first-order valence-electron chi connectivity index (χ1n) is 6.15. The highest BCUT2D eigenvalue weighted by Crippen LogP contribution is 2.07. The lowest BCUT2D eigenvalue weighted by molar-refractivity contribution is -0.138. The molecule has 4 heteroatoms. The van der Waals surface area contributed by atoms with E-state index in [1.165, 1.54) is 11.6 Å². The van der Waals surface area contributed by atoms with E-state index < -0.39 is 0 Å². The monoisotopic (exact) mass is 287 g/mol. The number of benzene rings is 1. The van der Waals surface area contributed by atoms with E-state index in [1.807, 2.05) is 31.2 Å². The smallest absolute Gasteiger partial charge is 0.331 e. The standard InChI is InChI=1S/C16H14ClNO2/c1-12-2-4-13(5-3-12)7-9-16(19)20-11-14-6-8-15(17)18-10-14/h2-10H,11H2,1H3/b9-7+. The van der Waals surface area contributed by atoms with Gasteiger partial charge in [0, 0.05) is 17.8 Å². The van der Waals surface area contributed by atoms with E-state index in [0.717, 1.165) is 11.1 Å². The summed E-state index contributed by atoms with van der Waals surface area (Å²) in [5.41, 5.74) is 2.94. The number of hydrogen-bond acceptors (Lipinski definition) is 3. The predicted octanol–water partition coefficient (Wildman–Crippen LogP) is 3.80. The lowest BCUT2D eigenvalue weighted by atomic mass is 10.1. The molecule has 2 rings (SSSR count). The first kappa shape index (κ1) is 14.3. The van der Waals surface area contributed by atoms with Gasteiger partial charge in [-0.1, -0.05) is 47.5 Å². The maximum absolute atomic E-state index is 11.6. The fourth-order valence-corrected chi connectivity index (χ4v) is 1.65. The number of carbonyl (C=O) groups is 1. The van der Waals surface area contributed by atoms with Gasteiger partial charge in [-0.2, -0.15) is 0 Å². The first-order valence-corrected chi connectivity index (χ1v) is 6.53. The van der Waals surface area contributed by atoms with Gasteiger partial charge in [-0.3, -0.25) is 0 Å². The van der Waals surface area contributed by atoms with Crippen molar-refractivity contribution in [3.63, 3.8) is 0 Å². The van der Waals surface area contributed by atoms with Crippen molar-refractivity contribution in [1.29, 1.82) is 0 Å². The number of aromatic nitrogens is 1. The third-order valence-corrected chi connectivity index (χ3v) is 2.88. The number of hydrogen-bond donors (Lipinski definition) is 0. The molecule has 2 aromatic rings. The molecular formula is C16H14ClNO2. The molecule has 1 heterocycles. The molecule has 0 radical (unpaired) electrons. The van der Waals surface area contributed by atoms with Crippen LogP contribution in [-0.4, -0.2) is 11.0 Å². The van der Waals surface area contributed by atoms with Crippen LogP contribution in [0, 0.1) is 6.92 Å². The van der Waals surface area contributed by atoms with Crippen molar-refractivity contribution in [3.8, 4) is 0 Å². The molecule has 0 aliphatic heterocycles. The molecule has 0 aliphatic carbocycles. The van der Waals surface area contributed by atoms with Gasteiger partial charge >= 0.3 is 5.97 Å². The normalized spacial score (nSPS) is 10.7. The maximum atomic E-state index is 11.6. The molecule has 102 valence electrons. The Hall–Kier alpha value is -2.13. The van der Waals surface area contributed by atoms with Gasteiger partial charge in [-0.05, 0) is 24.6 Å². The summed E-state index contributed by atoms with van der Waals surface area (Å²) >= 11 is 5.67. The zero-order valence-electron chi connectivity index (χ0n) is 11.0. The number of halogens is 1. The molecule has 0 atom stereocenters. The number of ether oxygens (including phenoxy) is 1. The van der Waals surface area contributed by atoms with Crippen molar-refractivity contribution >= 4 is 23.6 Å². The second-order valence-corrected chi connectivity index (χ2v) is 4.73. The minimum absolute atomic E-state index is 0.182. The largest absolute Gasteiger partial charge is 0.458 e. The van der Waals surface area contributed by atoms with Crippen LogP contribution < -0.4 is 0 Å². The Kier molecular flexibility index (Phi) is 4.91. The number of aryl methyl sites for hydroxylation is 1. The Labute approximate surface area is 122 Å².